The minimum atomic E-state index is -0.0147. The van der Waals surface area contributed by atoms with Crippen molar-refractivity contribution in [1.82, 2.24) is 9.55 Å². The molecule has 0 bridgehead atoms. The molecular weight excluding hydrogens is 246 g/mol. The molecule has 0 aliphatic heterocycles. The summed E-state index contributed by atoms with van der Waals surface area (Å²) in [6.07, 6.45) is 4.77. The molecule has 3 nitrogen and oxygen atoms in total. The maximum absolute atomic E-state index is 6.35. The Morgan fingerprint density at radius 2 is 1.95 bits per heavy atom. The molecule has 0 radical (unpaired) electrons. The van der Waals surface area contributed by atoms with Crippen molar-refractivity contribution in [2.75, 3.05) is 0 Å². The summed E-state index contributed by atoms with van der Waals surface area (Å²) in [6, 6.07) is 14.8. The van der Waals surface area contributed by atoms with Gasteiger partial charge in [-0.2, -0.15) is 0 Å². The Morgan fingerprint density at radius 3 is 2.75 bits per heavy atom. The first-order valence-corrected chi connectivity index (χ1v) is 7.02. The predicted molar refractivity (Wildman–Crippen MR) is 82.5 cm³/mol. The summed E-state index contributed by atoms with van der Waals surface area (Å²) >= 11 is 0. The van der Waals surface area contributed by atoms with Gasteiger partial charge >= 0.3 is 0 Å². The molecule has 0 fully saturated rings. The zero-order chi connectivity index (χ0) is 13.9. The molecule has 0 saturated carbocycles. The van der Waals surface area contributed by atoms with E-state index in [4.69, 9.17) is 5.73 Å². The quantitative estimate of drug-likeness (QED) is 0.786. The van der Waals surface area contributed by atoms with Crippen molar-refractivity contribution >= 4 is 10.8 Å². The van der Waals surface area contributed by atoms with E-state index < -0.39 is 0 Å². The second-order valence-corrected chi connectivity index (χ2v) is 5.06. The molecule has 1 unspecified atom stereocenters. The number of hydrogen-bond acceptors (Lipinski definition) is 2. The third kappa shape index (κ3) is 2.45. The van der Waals surface area contributed by atoms with E-state index in [2.05, 4.69) is 58.9 Å². The van der Waals surface area contributed by atoms with E-state index in [1.807, 2.05) is 12.4 Å². The summed E-state index contributed by atoms with van der Waals surface area (Å²) in [6.45, 7) is 2.88. The molecule has 0 saturated heterocycles. The van der Waals surface area contributed by atoms with Crippen molar-refractivity contribution in [3.63, 3.8) is 0 Å². The Morgan fingerprint density at radius 1 is 1.15 bits per heavy atom. The van der Waals surface area contributed by atoms with Gasteiger partial charge in [-0.1, -0.05) is 43.3 Å². The van der Waals surface area contributed by atoms with Gasteiger partial charge in [0.05, 0.1) is 0 Å². The Labute approximate surface area is 119 Å². The van der Waals surface area contributed by atoms with Crippen molar-refractivity contribution in [1.29, 1.82) is 0 Å². The van der Waals surface area contributed by atoms with Crippen LogP contribution in [-0.4, -0.2) is 9.55 Å². The SMILES string of the molecule is CCc1nccn1CC(N)c1ccc2ccccc2c1. The van der Waals surface area contributed by atoms with Crippen LogP contribution in [0, 0.1) is 0 Å². The molecular formula is C17H19N3. The van der Waals surface area contributed by atoms with Crippen LogP contribution in [-0.2, 0) is 13.0 Å². The molecule has 1 atom stereocenters. The van der Waals surface area contributed by atoms with Gasteiger partial charge in [-0.05, 0) is 22.4 Å². The van der Waals surface area contributed by atoms with Gasteiger partial charge in [0.25, 0.3) is 0 Å². The Bertz CT molecular complexity index is 715. The van der Waals surface area contributed by atoms with Crippen LogP contribution < -0.4 is 5.73 Å². The van der Waals surface area contributed by atoms with Crippen LogP contribution in [0.4, 0.5) is 0 Å². The summed E-state index contributed by atoms with van der Waals surface area (Å²) in [7, 11) is 0. The van der Waals surface area contributed by atoms with Gasteiger partial charge in [-0.3, -0.25) is 0 Å². The lowest BCUT2D eigenvalue weighted by Gasteiger charge is -2.15. The summed E-state index contributed by atoms with van der Waals surface area (Å²) in [5.41, 5.74) is 7.52. The number of nitrogens with two attached hydrogens (primary N) is 1. The van der Waals surface area contributed by atoms with E-state index in [0.29, 0.717) is 0 Å². The molecule has 3 rings (SSSR count). The first-order chi connectivity index (χ1) is 9.78. The van der Waals surface area contributed by atoms with E-state index in [-0.39, 0.29) is 6.04 Å². The summed E-state index contributed by atoms with van der Waals surface area (Å²) in [5, 5.41) is 2.49. The van der Waals surface area contributed by atoms with E-state index in [1.165, 1.54) is 16.3 Å². The highest BCUT2D eigenvalue weighted by Crippen LogP contribution is 2.20. The number of aromatic nitrogens is 2. The predicted octanol–water partition coefficient (Wildman–Crippen LogP) is 3.30. The van der Waals surface area contributed by atoms with E-state index in [9.17, 15) is 0 Å². The number of nitrogens with zero attached hydrogens (tertiary/aromatic N) is 2. The van der Waals surface area contributed by atoms with Gasteiger partial charge in [0, 0.05) is 31.4 Å². The summed E-state index contributed by atoms with van der Waals surface area (Å²) < 4.78 is 2.14. The maximum atomic E-state index is 6.35. The molecule has 20 heavy (non-hydrogen) atoms. The lowest BCUT2D eigenvalue weighted by atomic mass is 10.0. The van der Waals surface area contributed by atoms with Crippen LogP contribution in [0.15, 0.2) is 54.9 Å². The zero-order valence-electron chi connectivity index (χ0n) is 11.7. The average molecular weight is 265 g/mol. The average Bonchev–Trinajstić information content (AvgIpc) is 2.94. The number of fused-ring (bicyclic) bond motifs is 1. The number of hydrogen-bond donors (Lipinski definition) is 1. The molecule has 0 amide bonds. The standard InChI is InChI=1S/C17H19N3/c1-2-17-19-9-10-20(17)12-16(18)15-8-7-13-5-3-4-6-14(13)11-15/h3-11,16H,2,12,18H2,1H3. The molecule has 3 heteroatoms. The minimum Gasteiger partial charge on any atom is -0.333 e. The minimum absolute atomic E-state index is 0.0147. The fourth-order valence-corrected chi connectivity index (χ4v) is 2.58. The summed E-state index contributed by atoms with van der Waals surface area (Å²) in [5.74, 6) is 1.08. The smallest absolute Gasteiger partial charge is 0.108 e. The van der Waals surface area contributed by atoms with Gasteiger partial charge in [0.15, 0.2) is 0 Å². The topological polar surface area (TPSA) is 43.8 Å². The van der Waals surface area contributed by atoms with Crippen LogP contribution in [0.1, 0.15) is 24.4 Å². The van der Waals surface area contributed by atoms with Gasteiger partial charge < -0.3 is 10.3 Å². The zero-order valence-corrected chi connectivity index (χ0v) is 11.7. The normalized spacial score (nSPS) is 12.7. The molecule has 2 aromatic carbocycles. The second-order valence-electron chi connectivity index (χ2n) is 5.06. The van der Waals surface area contributed by atoms with Crippen LogP contribution in [0.5, 0.6) is 0 Å². The van der Waals surface area contributed by atoms with E-state index in [1.54, 1.807) is 0 Å². The largest absolute Gasteiger partial charge is 0.333 e. The second kappa shape index (κ2) is 5.47. The third-order valence-corrected chi connectivity index (χ3v) is 3.71. The first-order valence-electron chi connectivity index (χ1n) is 7.02. The third-order valence-electron chi connectivity index (χ3n) is 3.71. The van der Waals surface area contributed by atoms with Gasteiger partial charge in [0.1, 0.15) is 5.82 Å². The van der Waals surface area contributed by atoms with E-state index in [0.717, 1.165) is 18.8 Å². The van der Waals surface area contributed by atoms with Crippen LogP contribution in [0.3, 0.4) is 0 Å². The molecule has 0 aliphatic carbocycles. The first kappa shape index (κ1) is 12.9. The fraction of sp³-hybridized carbons (Fsp3) is 0.235. The highest BCUT2D eigenvalue weighted by molar-refractivity contribution is 5.83. The van der Waals surface area contributed by atoms with Crippen molar-refractivity contribution in [2.45, 2.75) is 25.9 Å². The Hall–Kier alpha value is -2.13. The molecule has 0 aliphatic rings. The number of aryl methyl sites for hydroxylation is 1. The van der Waals surface area contributed by atoms with Gasteiger partial charge in [-0.25, -0.2) is 4.98 Å². The van der Waals surface area contributed by atoms with Crippen LogP contribution in [0.2, 0.25) is 0 Å². The highest BCUT2D eigenvalue weighted by Gasteiger charge is 2.09. The van der Waals surface area contributed by atoms with Gasteiger partial charge in [-0.15, -0.1) is 0 Å². The Kier molecular flexibility index (Phi) is 3.52. The lowest BCUT2D eigenvalue weighted by molar-refractivity contribution is 0.558. The molecule has 3 aromatic rings. The number of imidazole rings is 1. The Balaban J connectivity index is 1.86. The molecule has 1 heterocycles. The van der Waals surface area contributed by atoms with Gasteiger partial charge in [0.2, 0.25) is 0 Å². The summed E-state index contributed by atoms with van der Waals surface area (Å²) in [4.78, 5) is 4.34. The monoisotopic (exact) mass is 265 g/mol. The van der Waals surface area contributed by atoms with Crippen molar-refractivity contribution in [3.05, 3.63) is 66.2 Å². The van der Waals surface area contributed by atoms with E-state index >= 15 is 0 Å². The fourth-order valence-electron chi connectivity index (χ4n) is 2.58. The molecule has 0 spiro atoms. The van der Waals surface area contributed by atoms with Crippen molar-refractivity contribution in [3.8, 4) is 0 Å². The molecule has 102 valence electrons. The van der Waals surface area contributed by atoms with Crippen LogP contribution in [0.25, 0.3) is 10.8 Å². The van der Waals surface area contributed by atoms with Crippen LogP contribution >= 0.6 is 0 Å². The lowest BCUT2D eigenvalue weighted by Crippen LogP contribution is -2.18. The molecule has 1 aromatic heterocycles. The maximum Gasteiger partial charge on any atom is 0.108 e. The highest BCUT2D eigenvalue weighted by atomic mass is 15.1. The number of benzene rings is 2. The number of rotatable bonds is 4. The van der Waals surface area contributed by atoms with Crippen molar-refractivity contribution in [2.24, 2.45) is 5.73 Å². The molecule has 2 N–H and O–H groups in total. The van der Waals surface area contributed by atoms with Crippen molar-refractivity contribution < 1.29 is 0 Å².